The molecule has 1 saturated carbocycles. The van der Waals surface area contributed by atoms with Crippen LogP contribution in [-0.4, -0.2) is 23.2 Å². The van der Waals surface area contributed by atoms with Gasteiger partial charge in [-0.3, -0.25) is 4.79 Å². The first-order valence-corrected chi connectivity index (χ1v) is 5.86. The van der Waals surface area contributed by atoms with Crippen LogP contribution in [0.1, 0.15) is 30.6 Å². The fourth-order valence-corrected chi connectivity index (χ4v) is 2.11. The summed E-state index contributed by atoms with van der Waals surface area (Å²) in [5.74, 6) is -0.903. The van der Waals surface area contributed by atoms with Crippen LogP contribution in [-0.2, 0) is 0 Å². The number of amides is 1. The average molecular weight is 252 g/mol. The molecular weight excluding hydrogens is 235 g/mol. The van der Waals surface area contributed by atoms with Crippen molar-refractivity contribution in [3.05, 3.63) is 29.6 Å². The summed E-state index contributed by atoms with van der Waals surface area (Å²) in [5.41, 5.74) is 5.65. The van der Waals surface area contributed by atoms with Crippen molar-refractivity contribution >= 4 is 11.6 Å². The second-order valence-electron chi connectivity index (χ2n) is 5.33. The van der Waals surface area contributed by atoms with Gasteiger partial charge in [0.25, 0.3) is 5.91 Å². The van der Waals surface area contributed by atoms with Gasteiger partial charge in [0.2, 0.25) is 0 Å². The Bertz CT molecular complexity index is 488. The van der Waals surface area contributed by atoms with Crippen molar-refractivity contribution in [1.29, 1.82) is 0 Å². The zero-order chi connectivity index (χ0) is 13.5. The Labute approximate surface area is 105 Å². The number of benzene rings is 1. The lowest BCUT2D eigenvalue weighted by Crippen LogP contribution is -2.61. The van der Waals surface area contributed by atoms with E-state index < -0.39 is 17.8 Å². The number of hydrogen-bond donors (Lipinski definition) is 3. The number of halogens is 1. The summed E-state index contributed by atoms with van der Waals surface area (Å²) in [6.07, 6.45) is 0.0844. The highest BCUT2D eigenvalue weighted by Crippen LogP contribution is 2.40. The van der Waals surface area contributed by atoms with E-state index in [-0.39, 0.29) is 22.7 Å². The first kappa shape index (κ1) is 12.8. The molecule has 4 N–H and O–H groups in total. The predicted octanol–water partition coefficient (Wildman–Crippen LogP) is 1.30. The molecule has 1 aromatic rings. The number of carbonyl (C=O) groups is 1. The molecule has 2 atom stereocenters. The highest BCUT2D eigenvalue weighted by atomic mass is 19.1. The van der Waals surface area contributed by atoms with E-state index in [2.05, 4.69) is 5.32 Å². The van der Waals surface area contributed by atoms with Crippen molar-refractivity contribution in [3.63, 3.8) is 0 Å². The summed E-state index contributed by atoms with van der Waals surface area (Å²) >= 11 is 0. The van der Waals surface area contributed by atoms with Crippen LogP contribution in [0.15, 0.2) is 18.2 Å². The zero-order valence-electron chi connectivity index (χ0n) is 10.4. The van der Waals surface area contributed by atoms with E-state index in [1.165, 1.54) is 12.1 Å². The van der Waals surface area contributed by atoms with Crippen LogP contribution in [0.3, 0.4) is 0 Å². The van der Waals surface area contributed by atoms with Gasteiger partial charge in [0.05, 0.1) is 11.7 Å². The van der Waals surface area contributed by atoms with Gasteiger partial charge in [0.1, 0.15) is 5.82 Å². The summed E-state index contributed by atoms with van der Waals surface area (Å²) in [4.78, 5) is 12.0. The molecule has 1 aromatic carbocycles. The van der Waals surface area contributed by atoms with Gasteiger partial charge in [0.15, 0.2) is 0 Å². The van der Waals surface area contributed by atoms with Gasteiger partial charge >= 0.3 is 0 Å². The maximum atomic E-state index is 13.1. The number of rotatable bonds is 2. The normalized spacial score (nSPS) is 25.3. The Morgan fingerprint density at radius 3 is 2.78 bits per heavy atom. The molecule has 0 heterocycles. The quantitative estimate of drug-likeness (QED) is 0.694. The molecular formula is C13H17FN2O2. The molecule has 5 heteroatoms. The van der Waals surface area contributed by atoms with Crippen LogP contribution in [0.2, 0.25) is 0 Å². The van der Waals surface area contributed by atoms with Crippen molar-refractivity contribution in [2.45, 2.75) is 32.4 Å². The fourth-order valence-electron chi connectivity index (χ4n) is 2.11. The highest BCUT2D eigenvalue weighted by molar-refractivity contribution is 5.99. The first-order valence-electron chi connectivity index (χ1n) is 5.86. The third-order valence-corrected chi connectivity index (χ3v) is 3.78. The molecule has 0 aromatic heterocycles. The van der Waals surface area contributed by atoms with Gasteiger partial charge in [0, 0.05) is 17.1 Å². The maximum Gasteiger partial charge on any atom is 0.253 e. The number of hydrogen-bond acceptors (Lipinski definition) is 3. The van der Waals surface area contributed by atoms with E-state index in [1.807, 2.05) is 13.8 Å². The molecule has 18 heavy (non-hydrogen) atoms. The molecule has 1 fully saturated rings. The van der Waals surface area contributed by atoms with E-state index >= 15 is 0 Å². The third kappa shape index (κ3) is 2.06. The van der Waals surface area contributed by atoms with Crippen molar-refractivity contribution in [1.82, 2.24) is 5.32 Å². The van der Waals surface area contributed by atoms with Crippen LogP contribution in [0, 0.1) is 11.2 Å². The van der Waals surface area contributed by atoms with Crippen LogP contribution in [0.25, 0.3) is 0 Å². The molecule has 98 valence electrons. The molecule has 2 rings (SSSR count). The smallest absolute Gasteiger partial charge is 0.253 e. The van der Waals surface area contributed by atoms with Gasteiger partial charge < -0.3 is 16.2 Å². The monoisotopic (exact) mass is 252 g/mol. The molecule has 1 aliphatic rings. The number of nitrogens with one attached hydrogen (secondary N) is 1. The SMILES string of the molecule is CC1(C)C(O)CC1NC(=O)c1cc(F)ccc1N. The summed E-state index contributed by atoms with van der Waals surface area (Å²) in [7, 11) is 0. The topological polar surface area (TPSA) is 75.3 Å². The maximum absolute atomic E-state index is 13.1. The van der Waals surface area contributed by atoms with Gasteiger partial charge in [-0.2, -0.15) is 0 Å². The van der Waals surface area contributed by atoms with Gasteiger partial charge in [-0.15, -0.1) is 0 Å². The average Bonchev–Trinajstić information content (AvgIpc) is 2.31. The Morgan fingerprint density at radius 2 is 2.22 bits per heavy atom. The number of carbonyl (C=O) groups excluding carboxylic acids is 1. The largest absolute Gasteiger partial charge is 0.398 e. The van der Waals surface area contributed by atoms with E-state index in [1.54, 1.807) is 0 Å². The number of nitrogens with two attached hydrogens (primary N) is 1. The van der Waals surface area contributed by atoms with Crippen LogP contribution < -0.4 is 11.1 Å². The molecule has 4 nitrogen and oxygen atoms in total. The summed E-state index contributed by atoms with van der Waals surface area (Å²) < 4.78 is 13.1. The van der Waals surface area contributed by atoms with Crippen LogP contribution in [0.4, 0.5) is 10.1 Å². The Morgan fingerprint density at radius 1 is 1.56 bits per heavy atom. The Hall–Kier alpha value is -1.62. The van der Waals surface area contributed by atoms with Crippen molar-refractivity contribution in [2.24, 2.45) is 5.41 Å². The Balaban J connectivity index is 2.12. The molecule has 1 aliphatic carbocycles. The van der Waals surface area contributed by atoms with E-state index in [4.69, 9.17) is 5.73 Å². The van der Waals surface area contributed by atoms with Crippen LogP contribution in [0.5, 0.6) is 0 Å². The number of nitrogen functional groups attached to an aromatic ring is 1. The van der Waals surface area contributed by atoms with Crippen molar-refractivity contribution < 1.29 is 14.3 Å². The number of aliphatic hydroxyl groups is 1. The predicted molar refractivity (Wildman–Crippen MR) is 66.5 cm³/mol. The molecule has 0 aliphatic heterocycles. The number of anilines is 1. The third-order valence-electron chi connectivity index (χ3n) is 3.78. The molecule has 0 saturated heterocycles. The minimum Gasteiger partial charge on any atom is -0.398 e. The molecule has 0 radical (unpaired) electrons. The lowest BCUT2D eigenvalue weighted by Gasteiger charge is -2.49. The van der Waals surface area contributed by atoms with E-state index in [0.717, 1.165) is 6.07 Å². The second-order valence-corrected chi connectivity index (χ2v) is 5.33. The van der Waals surface area contributed by atoms with Crippen molar-refractivity contribution in [3.8, 4) is 0 Å². The molecule has 0 spiro atoms. The highest BCUT2D eigenvalue weighted by Gasteiger charge is 2.48. The van der Waals surface area contributed by atoms with E-state index in [9.17, 15) is 14.3 Å². The van der Waals surface area contributed by atoms with Crippen LogP contribution >= 0.6 is 0 Å². The fraction of sp³-hybridized carbons (Fsp3) is 0.462. The summed E-state index contributed by atoms with van der Waals surface area (Å²) in [5, 5.41) is 12.4. The lowest BCUT2D eigenvalue weighted by molar-refractivity contribution is -0.0689. The lowest BCUT2D eigenvalue weighted by atomic mass is 9.64. The molecule has 0 bridgehead atoms. The second kappa shape index (κ2) is 4.24. The standard InChI is InChI=1S/C13H17FN2O2/c1-13(2)10(6-11(13)17)16-12(18)8-5-7(14)3-4-9(8)15/h3-5,10-11,17H,6,15H2,1-2H3,(H,16,18). The summed E-state index contributed by atoms with van der Waals surface area (Å²) in [6, 6.07) is 3.57. The van der Waals surface area contributed by atoms with Crippen molar-refractivity contribution in [2.75, 3.05) is 5.73 Å². The Kier molecular flexibility index (Phi) is 3.02. The number of aliphatic hydroxyl groups excluding tert-OH is 1. The van der Waals surface area contributed by atoms with Gasteiger partial charge in [-0.05, 0) is 24.6 Å². The zero-order valence-corrected chi connectivity index (χ0v) is 10.4. The van der Waals surface area contributed by atoms with E-state index in [0.29, 0.717) is 6.42 Å². The first-order chi connectivity index (χ1) is 8.32. The van der Waals surface area contributed by atoms with Gasteiger partial charge in [-0.25, -0.2) is 4.39 Å². The molecule has 2 unspecified atom stereocenters. The minimum absolute atomic E-state index is 0.123. The van der Waals surface area contributed by atoms with Gasteiger partial charge in [-0.1, -0.05) is 13.8 Å². The molecule has 1 amide bonds. The summed E-state index contributed by atoms with van der Waals surface area (Å²) in [6.45, 7) is 3.75. The minimum atomic E-state index is -0.498.